The second-order valence-electron chi connectivity index (χ2n) is 5.54. The van der Waals surface area contributed by atoms with Gasteiger partial charge < -0.3 is 14.4 Å². The number of carbonyl (C=O) groups is 1. The van der Waals surface area contributed by atoms with Crippen molar-refractivity contribution in [3.63, 3.8) is 0 Å². The minimum absolute atomic E-state index is 0.0185. The highest BCUT2D eigenvalue weighted by Crippen LogP contribution is 2.29. The zero-order valence-corrected chi connectivity index (χ0v) is 13.9. The third-order valence-corrected chi connectivity index (χ3v) is 3.79. The number of nitrogens with one attached hydrogen (secondary N) is 2. The van der Waals surface area contributed by atoms with Crippen LogP contribution in [-0.4, -0.2) is 58.4 Å². The van der Waals surface area contributed by atoms with Crippen LogP contribution < -0.4 is 10.2 Å². The summed E-state index contributed by atoms with van der Waals surface area (Å²) in [7, 11) is 1.34. The molecule has 138 valence electrons. The zero-order valence-electron chi connectivity index (χ0n) is 13.9. The Hall–Kier alpha value is -2.13. The first-order valence-electron chi connectivity index (χ1n) is 7.88. The molecule has 1 heterocycles. The van der Waals surface area contributed by atoms with Gasteiger partial charge in [0.05, 0.1) is 39.0 Å². The van der Waals surface area contributed by atoms with Crippen molar-refractivity contribution in [2.75, 3.05) is 46.5 Å². The Bertz CT molecular complexity index is 614. The molecule has 2 rings (SSSR count). The summed E-state index contributed by atoms with van der Waals surface area (Å²) in [6, 6.07) is 4.17. The predicted octanol–water partition coefficient (Wildman–Crippen LogP) is 0.353. The molecular weight excluding hydrogens is 339 g/mol. The molecule has 9 heteroatoms. The van der Waals surface area contributed by atoms with Crippen molar-refractivity contribution in [1.29, 1.82) is 0 Å². The maximum Gasteiger partial charge on any atom is 0.416 e. The number of morpholine rings is 1. The molecule has 1 aromatic carbocycles. The molecule has 1 amide bonds. The van der Waals surface area contributed by atoms with Gasteiger partial charge in [0.25, 0.3) is 11.9 Å². The molecule has 6 nitrogen and oxygen atoms in total. The third-order valence-electron chi connectivity index (χ3n) is 3.79. The number of carbonyl (C=O) groups excluding carboxylic acids is 1. The molecule has 1 saturated heterocycles. The second-order valence-corrected chi connectivity index (χ2v) is 5.54. The molecule has 0 spiro atoms. The summed E-state index contributed by atoms with van der Waals surface area (Å²) >= 11 is 0. The molecule has 1 aliphatic rings. The standard InChI is InChI=1S/C16H20F3N3O3/c1-24-15(20-5-6-22-7-9-25-10-8-22)21-14(23)12-3-2-4-13(11-12)16(17,18)19/h2-4,11H,5-10H2,1H3,(H,20,21,23)/p+1. The highest BCUT2D eigenvalue weighted by molar-refractivity contribution is 6.04. The second kappa shape index (κ2) is 8.82. The summed E-state index contributed by atoms with van der Waals surface area (Å²) in [4.78, 5) is 17.6. The molecule has 0 aliphatic carbocycles. The smallest absolute Gasteiger partial charge is 0.416 e. The van der Waals surface area contributed by atoms with Gasteiger partial charge in [0.2, 0.25) is 0 Å². The van der Waals surface area contributed by atoms with E-state index in [0.29, 0.717) is 19.8 Å². The number of amidine groups is 1. The maximum atomic E-state index is 12.7. The average molecular weight is 360 g/mol. The van der Waals surface area contributed by atoms with Crippen LogP contribution >= 0.6 is 0 Å². The lowest BCUT2D eigenvalue weighted by Crippen LogP contribution is -3.14. The van der Waals surface area contributed by atoms with Crippen LogP contribution in [0.1, 0.15) is 15.9 Å². The molecule has 0 unspecified atom stereocenters. The zero-order chi connectivity index (χ0) is 18.3. The number of benzene rings is 1. The molecule has 1 aromatic rings. The molecule has 0 atom stereocenters. The fourth-order valence-corrected chi connectivity index (χ4v) is 2.39. The van der Waals surface area contributed by atoms with E-state index in [9.17, 15) is 18.0 Å². The Kier molecular flexibility index (Phi) is 6.77. The summed E-state index contributed by atoms with van der Waals surface area (Å²) in [5.74, 6) is -0.703. The molecule has 0 saturated carbocycles. The summed E-state index contributed by atoms with van der Waals surface area (Å²) < 4.78 is 48.4. The predicted molar refractivity (Wildman–Crippen MR) is 84.6 cm³/mol. The number of halogens is 3. The number of quaternary nitrogens is 1. The minimum atomic E-state index is -4.50. The van der Waals surface area contributed by atoms with Crippen LogP contribution in [0, 0.1) is 0 Å². The van der Waals surface area contributed by atoms with Crippen molar-refractivity contribution in [2.24, 2.45) is 4.99 Å². The number of ether oxygens (including phenoxy) is 2. The van der Waals surface area contributed by atoms with Gasteiger partial charge in [-0.1, -0.05) is 6.07 Å². The Morgan fingerprint density at radius 3 is 2.72 bits per heavy atom. The van der Waals surface area contributed by atoms with E-state index >= 15 is 0 Å². The summed E-state index contributed by atoms with van der Waals surface area (Å²) in [5.41, 5.74) is -0.995. The van der Waals surface area contributed by atoms with Crippen molar-refractivity contribution in [1.82, 2.24) is 5.32 Å². The Labute approximate surface area is 143 Å². The Balaban J connectivity index is 1.93. The molecule has 25 heavy (non-hydrogen) atoms. The lowest BCUT2D eigenvalue weighted by molar-refractivity contribution is -0.906. The number of nitrogens with zero attached hydrogens (tertiary/aromatic N) is 1. The first kappa shape index (κ1) is 19.2. The van der Waals surface area contributed by atoms with Gasteiger partial charge in [0.15, 0.2) is 0 Å². The first-order chi connectivity index (χ1) is 11.9. The van der Waals surface area contributed by atoms with E-state index in [2.05, 4.69) is 10.3 Å². The number of aliphatic imine (C=N–C) groups is 1. The maximum absolute atomic E-state index is 12.7. The number of amides is 1. The van der Waals surface area contributed by atoms with E-state index < -0.39 is 17.6 Å². The molecule has 2 N–H and O–H groups in total. The lowest BCUT2D eigenvalue weighted by atomic mass is 10.1. The van der Waals surface area contributed by atoms with Crippen molar-refractivity contribution in [3.05, 3.63) is 35.4 Å². The van der Waals surface area contributed by atoms with E-state index in [1.54, 1.807) is 0 Å². The van der Waals surface area contributed by atoms with Crippen molar-refractivity contribution >= 4 is 11.9 Å². The molecular formula is C16H21F3N3O3+. The van der Waals surface area contributed by atoms with Crippen LogP contribution in [0.4, 0.5) is 13.2 Å². The monoisotopic (exact) mass is 360 g/mol. The van der Waals surface area contributed by atoms with E-state index in [4.69, 9.17) is 9.47 Å². The number of methoxy groups -OCH3 is 1. The number of rotatable bonds is 4. The quantitative estimate of drug-likeness (QED) is 0.602. The van der Waals surface area contributed by atoms with Crippen LogP contribution in [0.2, 0.25) is 0 Å². The van der Waals surface area contributed by atoms with E-state index in [-0.39, 0.29) is 11.6 Å². The number of alkyl halides is 3. The van der Waals surface area contributed by atoms with Crippen LogP contribution in [0.3, 0.4) is 0 Å². The van der Waals surface area contributed by atoms with Gasteiger partial charge in [-0.3, -0.25) is 10.1 Å². The van der Waals surface area contributed by atoms with Crippen LogP contribution in [0.25, 0.3) is 0 Å². The van der Waals surface area contributed by atoms with E-state index in [0.717, 1.165) is 31.8 Å². The minimum Gasteiger partial charge on any atom is -0.468 e. The molecule has 0 aromatic heterocycles. The van der Waals surface area contributed by atoms with Gasteiger partial charge >= 0.3 is 6.18 Å². The third kappa shape index (κ3) is 6.02. The summed E-state index contributed by atoms with van der Waals surface area (Å²) in [5, 5.41) is 2.39. The number of hydrogen-bond acceptors (Lipinski definition) is 4. The fraction of sp³-hybridized carbons (Fsp3) is 0.500. The largest absolute Gasteiger partial charge is 0.468 e. The molecule has 1 aliphatic heterocycles. The van der Waals surface area contributed by atoms with Crippen molar-refractivity contribution in [3.8, 4) is 0 Å². The van der Waals surface area contributed by atoms with Crippen LogP contribution in [0.5, 0.6) is 0 Å². The normalized spacial score (nSPS) is 16.6. The van der Waals surface area contributed by atoms with Crippen molar-refractivity contribution < 1.29 is 32.3 Å². The molecule has 0 radical (unpaired) electrons. The van der Waals surface area contributed by atoms with Gasteiger partial charge in [-0.25, -0.2) is 4.99 Å². The highest BCUT2D eigenvalue weighted by atomic mass is 19.4. The topological polar surface area (TPSA) is 64.4 Å². The van der Waals surface area contributed by atoms with Crippen molar-refractivity contribution in [2.45, 2.75) is 6.18 Å². The SMILES string of the molecule is COC(=NCC[NH+]1CCOCC1)NC(=O)c1cccc(C(F)(F)F)c1. The van der Waals surface area contributed by atoms with Gasteiger partial charge in [-0.15, -0.1) is 0 Å². The summed E-state index contributed by atoms with van der Waals surface area (Å²) in [6.07, 6.45) is -4.50. The first-order valence-corrected chi connectivity index (χ1v) is 7.88. The van der Waals surface area contributed by atoms with Gasteiger partial charge in [0.1, 0.15) is 13.1 Å². The lowest BCUT2D eigenvalue weighted by Gasteiger charge is -2.22. The van der Waals surface area contributed by atoms with Gasteiger partial charge in [-0.2, -0.15) is 13.2 Å². The Morgan fingerprint density at radius 2 is 2.08 bits per heavy atom. The molecule has 1 fully saturated rings. The van der Waals surface area contributed by atoms with E-state index in [1.807, 2.05) is 0 Å². The van der Waals surface area contributed by atoms with Crippen LogP contribution in [-0.2, 0) is 15.7 Å². The van der Waals surface area contributed by atoms with Crippen LogP contribution in [0.15, 0.2) is 29.3 Å². The van der Waals surface area contributed by atoms with Gasteiger partial charge in [-0.05, 0) is 18.2 Å². The summed E-state index contributed by atoms with van der Waals surface area (Å²) in [6.45, 7) is 4.41. The fourth-order valence-electron chi connectivity index (χ4n) is 2.39. The van der Waals surface area contributed by atoms with Gasteiger partial charge in [0, 0.05) is 5.56 Å². The average Bonchev–Trinajstić information content (AvgIpc) is 2.61. The Morgan fingerprint density at radius 1 is 1.36 bits per heavy atom. The number of hydrogen-bond donors (Lipinski definition) is 2. The highest BCUT2D eigenvalue weighted by Gasteiger charge is 2.31. The molecule has 0 bridgehead atoms. The van der Waals surface area contributed by atoms with E-state index in [1.165, 1.54) is 24.1 Å².